The second-order valence-electron chi connectivity index (χ2n) is 7.96. The molecule has 4 rings (SSSR count). The van der Waals surface area contributed by atoms with Crippen LogP contribution in [0.2, 0.25) is 0 Å². The fourth-order valence-electron chi connectivity index (χ4n) is 3.61. The fraction of sp³-hybridized carbons (Fsp3) is 0.292. The maximum Gasteiger partial charge on any atom is 0.280 e. The number of fused-ring (bicyclic) bond motifs is 1. The van der Waals surface area contributed by atoms with E-state index in [1.165, 1.54) is 5.56 Å². The molecule has 0 spiro atoms. The Balaban J connectivity index is 1.81. The summed E-state index contributed by atoms with van der Waals surface area (Å²) in [6, 6.07) is 16.3. The second kappa shape index (κ2) is 8.03. The van der Waals surface area contributed by atoms with Gasteiger partial charge in [-0.2, -0.15) is 5.10 Å². The Bertz CT molecular complexity index is 1170. The Morgan fingerprint density at radius 3 is 2.40 bits per heavy atom. The van der Waals surface area contributed by atoms with Crippen LogP contribution in [0.25, 0.3) is 10.2 Å². The minimum Gasteiger partial charge on any atom is -0.278 e. The molecule has 0 atom stereocenters. The van der Waals surface area contributed by atoms with Gasteiger partial charge in [0.25, 0.3) is 5.91 Å². The zero-order valence-corrected chi connectivity index (χ0v) is 18.8. The van der Waals surface area contributed by atoms with E-state index in [9.17, 15) is 4.79 Å². The van der Waals surface area contributed by atoms with Crippen LogP contribution in [0.4, 0.5) is 5.13 Å². The van der Waals surface area contributed by atoms with Crippen molar-refractivity contribution in [2.75, 3.05) is 4.90 Å². The van der Waals surface area contributed by atoms with Gasteiger partial charge in [0.2, 0.25) is 0 Å². The average Bonchev–Trinajstić information content (AvgIpc) is 3.34. The molecular formula is C24H26N4OS. The van der Waals surface area contributed by atoms with E-state index in [0.29, 0.717) is 17.4 Å². The lowest BCUT2D eigenvalue weighted by atomic mass is 10.1. The predicted octanol–water partition coefficient (Wildman–Crippen LogP) is 5.85. The minimum atomic E-state index is -0.129. The van der Waals surface area contributed by atoms with Gasteiger partial charge in [0.1, 0.15) is 0 Å². The van der Waals surface area contributed by atoms with Gasteiger partial charge in [-0.05, 0) is 57.4 Å². The van der Waals surface area contributed by atoms with Crippen LogP contribution < -0.4 is 4.90 Å². The summed E-state index contributed by atoms with van der Waals surface area (Å²) in [5.41, 5.74) is 5.73. The van der Waals surface area contributed by atoms with Crippen molar-refractivity contribution in [1.82, 2.24) is 14.8 Å². The summed E-state index contributed by atoms with van der Waals surface area (Å²) in [6.45, 7) is 10.7. The molecule has 0 saturated heterocycles. The molecule has 0 aliphatic rings. The van der Waals surface area contributed by atoms with Gasteiger partial charge in [0, 0.05) is 11.7 Å². The molecule has 0 bridgehead atoms. The van der Waals surface area contributed by atoms with E-state index in [-0.39, 0.29) is 11.9 Å². The molecule has 0 fully saturated rings. The number of rotatable bonds is 5. The van der Waals surface area contributed by atoms with Crippen molar-refractivity contribution >= 4 is 32.6 Å². The molecule has 0 unspecified atom stereocenters. The van der Waals surface area contributed by atoms with Gasteiger partial charge in [0.05, 0.1) is 16.8 Å². The zero-order valence-electron chi connectivity index (χ0n) is 18.0. The summed E-state index contributed by atoms with van der Waals surface area (Å²) in [5.74, 6) is -0.129. The van der Waals surface area contributed by atoms with Gasteiger partial charge in [-0.15, -0.1) is 0 Å². The third-order valence-electron chi connectivity index (χ3n) is 5.22. The highest BCUT2D eigenvalue weighted by atomic mass is 32.1. The Kier molecular flexibility index (Phi) is 5.43. The minimum absolute atomic E-state index is 0.129. The lowest BCUT2D eigenvalue weighted by Gasteiger charge is -2.19. The molecular weight excluding hydrogens is 392 g/mol. The molecule has 30 heavy (non-hydrogen) atoms. The maximum atomic E-state index is 13.6. The highest BCUT2D eigenvalue weighted by molar-refractivity contribution is 7.22. The summed E-state index contributed by atoms with van der Waals surface area (Å²) >= 11 is 1.57. The Labute approximate surface area is 181 Å². The number of carbonyl (C=O) groups excluding carboxylic acids is 1. The summed E-state index contributed by atoms with van der Waals surface area (Å²) in [5, 5.41) is 5.29. The van der Waals surface area contributed by atoms with Crippen molar-refractivity contribution in [2.24, 2.45) is 0 Å². The Morgan fingerprint density at radius 1 is 1.07 bits per heavy atom. The third-order valence-corrected chi connectivity index (χ3v) is 6.43. The van der Waals surface area contributed by atoms with Gasteiger partial charge in [-0.1, -0.05) is 53.8 Å². The first kappa shape index (κ1) is 20.3. The predicted molar refractivity (Wildman–Crippen MR) is 123 cm³/mol. The van der Waals surface area contributed by atoms with Crippen molar-refractivity contribution in [3.8, 4) is 0 Å². The zero-order chi connectivity index (χ0) is 21.4. The number of benzene rings is 2. The van der Waals surface area contributed by atoms with Crippen LogP contribution in [-0.2, 0) is 6.54 Å². The lowest BCUT2D eigenvalue weighted by Crippen LogP contribution is -2.30. The van der Waals surface area contributed by atoms with E-state index >= 15 is 0 Å². The van der Waals surface area contributed by atoms with Crippen LogP contribution in [0.1, 0.15) is 52.8 Å². The number of hydrogen-bond donors (Lipinski definition) is 0. The van der Waals surface area contributed by atoms with Crippen LogP contribution in [0, 0.1) is 20.8 Å². The maximum absolute atomic E-state index is 13.6. The Hall–Kier alpha value is -2.99. The Morgan fingerprint density at radius 2 is 1.77 bits per heavy atom. The summed E-state index contributed by atoms with van der Waals surface area (Å²) in [6.07, 6.45) is 0. The average molecular weight is 419 g/mol. The molecule has 0 aliphatic heterocycles. The van der Waals surface area contributed by atoms with E-state index < -0.39 is 0 Å². The van der Waals surface area contributed by atoms with Crippen molar-refractivity contribution in [3.63, 3.8) is 0 Å². The van der Waals surface area contributed by atoms with Crippen LogP contribution in [0.3, 0.4) is 0 Å². The number of amides is 1. The molecule has 2 aromatic heterocycles. The molecule has 0 radical (unpaired) electrons. The van der Waals surface area contributed by atoms with E-state index in [2.05, 4.69) is 44.9 Å². The molecule has 2 aromatic carbocycles. The highest BCUT2D eigenvalue weighted by Crippen LogP contribution is 2.34. The standard InChI is InChI=1S/C24H26N4OS/c1-15(2)28-18(5)13-20(26-28)23(29)27(14-19-9-7-6-8-10-19)24-25-21-16(3)11-12-17(4)22(21)30-24/h6-13,15H,14H2,1-5H3. The number of aryl methyl sites for hydroxylation is 3. The van der Waals surface area contributed by atoms with Crippen molar-refractivity contribution in [3.05, 3.63) is 76.6 Å². The van der Waals surface area contributed by atoms with Gasteiger partial charge in [-0.25, -0.2) is 4.98 Å². The topological polar surface area (TPSA) is 51.0 Å². The third kappa shape index (κ3) is 3.75. The molecule has 1 amide bonds. The quantitative estimate of drug-likeness (QED) is 0.409. The van der Waals surface area contributed by atoms with Crippen LogP contribution in [0.15, 0.2) is 48.5 Å². The molecule has 5 nitrogen and oxygen atoms in total. The fourth-order valence-corrected chi connectivity index (χ4v) is 4.72. The monoisotopic (exact) mass is 418 g/mol. The van der Waals surface area contributed by atoms with Crippen LogP contribution in [0.5, 0.6) is 0 Å². The van der Waals surface area contributed by atoms with Crippen LogP contribution >= 0.6 is 11.3 Å². The van der Waals surface area contributed by atoms with E-state index in [0.717, 1.165) is 27.0 Å². The first-order valence-electron chi connectivity index (χ1n) is 10.1. The molecule has 0 N–H and O–H groups in total. The van der Waals surface area contributed by atoms with E-state index in [1.807, 2.05) is 48.0 Å². The highest BCUT2D eigenvalue weighted by Gasteiger charge is 2.25. The number of hydrogen-bond acceptors (Lipinski definition) is 4. The normalized spacial score (nSPS) is 11.4. The summed E-state index contributed by atoms with van der Waals surface area (Å²) in [7, 11) is 0. The van der Waals surface area contributed by atoms with Crippen molar-refractivity contribution < 1.29 is 4.79 Å². The summed E-state index contributed by atoms with van der Waals surface area (Å²) in [4.78, 5) is 20.2. The van der Waals surface area contributed by atoms with Gasteiger partial charge >= 0.3 is 0 Å². The number of anilines is 1. The van der Waals surface area contributed by atoms with E-state index in [1.54, 1.807) is 16.2 Å². The second-order valence-corrected chi connectivity index (χ2v) is 8.94. The van der Waals surface area contributed by atoms with Gasteiger partial charge < -0.3 is 0 Å². The molecule has 0 aliphatic carbocycles. The molecule has 0 saturated carbocycles. The molecule has 4 aromatic rings. The first-order chi connectivity index (χ1) is 14.3. The van der Waals surface area contributed by atoms with Gasteiger partial charge in [0.15, 0.2) is 10.8 Å². The lowest BCUT2D eigenvalue weighted by molar-refractivity contribution is 0.0979. The largest absolute Gasteiger partial charge is 0.280 e. The van der Waals surface area contributed by atoms with Gasteiger partial charge in [-0.3, -0.25) is 14.4 Å². The number of nitrogens with zero attached hydrogens (tertiary/aromatic N) is 4. The molecule has 154 valence electrons. The van der Waals surface area contributed by atoms with E-state index in [4.69, 9.17) is 4.98 Å². The number of carbonyl (C=O) groups is 1. The van der Waals surface area contributed by atoms with Crippen molar-refractivity contribution in [2.45, 2.75) is 47.2 Å². The number of thiazole rings is 1. The summed E-state index contributed by atoms with van der Waals surface area (Å²) < 4.78 is 3.01. The van der Waals surface area contributed by atoms with Crippen LogP contribution in [-0.4, -0.2) is 20.7 Å². The number of aromatic nitrogens is 3. The smallest absolute Gasteiger partial charge is 0.278 e. The SMILES string of the molecule is Cc1ccc(C)c2sc(N(Cc3ccccc3)C(=O)c3cc(C)n(C(C)C)n3)nc12. The first-order valence-corrected chi connectivity index (χ1v) is 11.0. The molecule has 2 heterocycles. The van der Waals surface area contributed by atoms with Crippen molar-refractivity contribution in [1.29, 1.82) is 0 Å². The molecule has 6 heteroatoms.